The van der Waals surface area contributed by atoms with Crippen molar-refractivity contribution in [1.29, 1.82) is 0 Å². The van der Waals surface area contributed by atoms with Crippen molar-refractivity contribution in [2.24, 2.45) is 5.41 Å². The maximum Gasteiger partial charge on any atom is 0.311 e. The van der Waals surface area contributed by atoms with E-state index in [0.29, 0.717) is 10.0 Å². The number of halogens is 2. The van der Waals surface area contributed by atoms with Crippen LogP contribution < -0.4 is 0 Å². The Morgan fingerprint density at radius 1 is 1.47 bits per heavy atom. The molecule has 0 aromatic heterocycles. The molecule has 0 spiro atoms. The number of rotatable bonds is 3. The van der Waals surface area contributed by atoms with Gasteiger partial charge in [-0.05, 0) is 36.6 Å². The normalized spacial score (nSPS) is 25.4. The minimum Gasteiger partial charge on any atom is -0.481 e. The van der Waals surface area contributed by atoms with Gasteiger partial charge < -0.3 is 5.11 Å². The molecule has 104 valence electrons. The summed E-state index contributed by atoms with van der Waals surface area (Å²) in [5.41, 5.74) is -0.880. The lowest BCUT2D eigenvalue weighted by Gasteiger charge is -2.23. The number of sulfone groups is 1. The molecule has 1 heterocycles. The van der Waals surface area contributed by atoms with Crippen molar-refractivity contribution in [3.63, 3.8) is 0 Å². The van der Waals surface area contributed by atoms with Gasteiger partial charge in [-0.2, -0.15) is 0 Å². The summed E-state index contributed by atoms with van der Waals surface area (Å²) in [6.07, 6.45) is 0.0630. The Hall–Kier alpha value is -0.950. The minimum absolute atomic E-state index is 0.0000926. The Kier molecular flexibility index (Phi) is 3.70. The SMILES string of the molecule is O=C(O)C1(Cc2cc(F)ccc2Br)CCS(=O)(=O)C1. The van der Waals surface area contributed by atoms with E-state index in [1.807, 2.05) is 0 Å². The predicted molar refractivity (Wildman–Crippen MR) is 71.1 cm³/mol. The van der Waals surface area contributed by atoms with Gasteiger partial charge in [-0.1, -0.05) is 15.9 Å². The quantitative estimate of drug-likeness (QED) is 0.905. The van der Waals surface area contributed by atoms with Crippen LogP contribution in [0.15, 0.2) is 22.7 Å². The molecule has 1 unspecified atom stereocenters. The van der Waals surface area contributed by atoms with Crippen molar-refractivity contribution >= 4 is 31.7 Å². The largest absolute Gasteiger partial charge is 0.481 e. The van der Waals surface area contributed by atoms with Gasteiger partial charge in [0.05, 0.1) is 16.9 Å². The highest BCUT2D eigenvalue weighted by molar-refractivity contribution is 9.10. The molecule has 1 aromatic rings. The molecule has 1 aliphatic rings. The number of aliphatic carboxylic acids is 1. The fourth-order valence-corrected chi connectivity index (χ4v) is 4.79. The highest BCUT2D eigenvalue weighted by Gasteiger charge is 2.48. The Balaban J connectivity index is 2.38. The average molecular weight is 351 g/mol. The fraction of sp³-hybridized carbons (Fsp3) is 0.417. The summed E-state index contributed by atoms with van der Waals surface area (Å²) >= 11 is 3.23. The topological polar surface area (TPSA) is 71.4 Å². The Morgan fingerprint density at radius 3 is 2.68 bits per heavy atom. The van der Waals surface area contributed by atoms with Gasteiger partial charge in [0.1, 0.15) is 5.82 Å². The monoisotopic (exact) mass is 350 g/mol. The Bertz CT molecular complexity index is 629. The summed E-state index contributed by atoms with van der Waals surface area (Å²) in [6, 6.07) is 3.98. The molecule has 0 amide bonds. The molecule has 2 rings (SSSR count). The number of hydrogen-bond donors (Lipinski definition) is 1. The lowest BCUT2D eigenvalue weighted by molar-refractivity contribution is -0.147. The summed E-state index contributed by atoms with van der Waals surface area (Å²) in [6.45, 7) is 0. The molecule has 1 aliphatic heterocycles. The molecular formula is C12H12BrFO4S. The second-order valence-electron chi connectivity index (χ2n) is 4.84. The van der Waals surface area contributed by atoms with Crippen molar-refractivity contribution in [3.8, 4) is 0 Å². The number of benzene rings is 1. The molecule has 19 heavy (non-hydrogen) atoms. The number of carboxylic acid groups (broad SMARTS) is 1. The van der Waals surface area contributed by atoms with E-state index in [2.05, 4.69) is 15.9 Å². The predicted octanol–water partition coefficient (Wildman–Crippen LogP) is 2.02. The average Bonchev–Trinajstić information content (AvgIpc) is 2.61. The van der Waals surface area contributed by atoms with Gasteiger partial charge in [-0.15, -0.1) is 0 Å². The van der Waals surface area contributed by atoms with Crippen LogP contribution in [0.2, 0.25) is 0 Å². The maximum atomic E-state index is 13.2. The summed E-state index contributed by atoms with van der Waals surface area (Å²) < 4.78 is 36.9. The molecule has 0 saturated carbocycles. The molecule has 7 heteroatoms. The second-order valence-corrected chi connectivity index (χ2v) is 7.88. The second kappa shape index (κ2) is 4.86. The van der Waals surface area contributed by atoms with Crippen LogP contribution in [-0.4, -0.2) is 31.0 Å². The van der Waals surface area contributed by atoms with Gasteiger partial charge in [0.15, 0.2) is 9.84 Å². The van der Waals surface area contributed by atoms with E-state index in [9.17, 15) is 22.7 Å². The van der Waals surface area contributed by atoms with E-state index in [0.717, 1.165) is 0 Å². The van der Waals surface area contributed by atoms with Gasteiger partial charge in [0.2, 0.25) is 0 Å². The van der Waals surface area contributed by atoms with Gasteiger partial charge in [0, 0.05) is 4.47 Å². The summed E-state index contributed by atoms with van der Waals surface area (Å²) in [5.74, 6) is -2.14. The molecule has 1 fully saturated rings. The van der Waals surface area contributed by atoms with Gasteiger partial charge in [-0.3, -0.25) is 4.79 Å². The van der Waals surface area contributed by atoms with Crippen LogP contribution in [0.4, 0.5) is 4.39 Å². The van der Waals surface area contributed by atoms with Gasteiger partial charge >= 0.3 is 5.97 Å². The molecule has 1 atom stereocenters. The van der Waals surface area contributed by atoms with E-state index in [-0.39, 0.29) is 18.6 Å². The Labute approximate surface area is 118 Å². The van der Waals surface area contributed by atoms with Crippen molar-refractivity contribution < 1.29 is 22.7 Å². The summed E-state index contributed by atoms with van der Waals surface area (Å²) in [4.78, 5) is 11.4. The van der Waals surface area contributed by atoms with Crippen molar-refractivity contribution in [2.75, 3.05) is 11.5 Å². The zero-order valence-electron chi connectivity index (χ0n) is 9.90. The maximum absolute atomic E-state index is 13.2. The van der Waals surface area contributed by atoms with Crippen LogP contribution in [0, 0.1) is 11.2 Å². The first-order valence-electron chi connectivity index (χ1n) is 5.62. The summed E-state index contributed by atoms with van der Waals surface area (Å²) in [7, 11) is -3.33. The van der Waals surface area contributed by atoms with Crippen LogP contribution in [0.5, 0.6) is 0 Å². The van der Waals surface area contributed by atoms with Crippen LogP contribution >= 0.6 is 15.9 Å². The smallest absolute Gasteiger partial charge is 0.311 e. The van der Waals surface area contributed by atoms with Crippen LogP contribution in [0.25, 0.3) is 0 Å². The lowest BCUT2D eigenvalue weighted by atomic mass is 9.81. The molecule has 1 saturated heterocycles. The third-order valence-electron chi connectivity index (χ3n) is 3.38. The van der Waals surface area contributed by atoms with E-state index < -0.39 is 32.8 Å². The zero-order valence-corrected chi connectivity index (χ0v) is 12.3. The van der Waals surface area contributed by atoms with Crippen LogP contribution in [0.1, 0.15) is 12.0 Å². The highest BCUT2D eigenvalue weighted by atomic mass is 79.9. The molecule has 0 aliphatic carbocycles. The number of hydrogen-bond acceptors (Lipinski definition) is 3. The van der Waals surface area contributed by atoms with Gasteiger partial charge in [0.25, 0.3) is 0 Å². The molecule has 1 aromatic carbocycles. The first-order chi connectivity index (χ1) is 8.74. The van der Waals surface area contributed by atoms with Crippen LogP contribution in [0.3, 0.4) is 0 Å². The lowest BCUT2D eigenvalue weighted by Crippen LogP contribution is -2.34. The minimum atomic E-state index is -3.33. The summed E-state index contributed by atoms with van der Waals surface area (Å²) in [5, 5.41) is 9.34. The first kappa shape index (κ1) is 14.5. The first-order valence-corrected chi connectivity index (χ1v) is 8.23. The molecule has 0 bridgehead atoms. The van der Waals surface area contributed by atoms with E-state index in [4.69, 9.17) is 0 Å². The van der Waals surface area contributed by atoms with E-state index in [1.165, 1.54) is 18.2 Å². The molecule has 0 radical (unpaired) electrons. The van der Waals surface area contributed by atoms with Crippen LogP contribution in [-0.2, 0) is 21.1 Å². The van der Waals surface area contributed by atoms with E-state index in [1.54, 1.807) is 0 Å². The van der Waals surface area contributed by atoms with Crippen molar-refractivity contribution in [1.82, 2.24) is 0 Å². The Morgan fingerprint density at radius 2 is 2.16 bits per heavy atom. The standard InChI is InChI=1S/C12H12BrFO4S/c13-10-2-1-9(14)5-8(10)6-12(11(15)16)3-4-19(17,18)7-12/h1-2,5H,3-4,6-7H2,(H,15,16). The van der Waals surface area contributed by atoms with Crippen molar-refractivity contribution in [3.05, 3.63) is 34.1 Å². The molecular weight excluding hydrogens is 339 g/mol. The zero-order chi connectivity index (χ0) is 14.3. The van der Waals surface area contributed by atoms with Crippen molar-refractivity contribution in [2.45, 2.75) is 12.8 Å². The highest BCUT2D eigenvalue weighted by Crippen LogP contribution is 2.37. The third-order valence-corrected chi connectivity index (χ3v) is 5.97. The fourth-order valence-electron chi connectivity index (χ4n) is 2.34. The molecule has 4 nitrogen and oxygen atoms in total. The third kappa shape index (κ3) is 2.97. The molecule has 1 N–H and O–H groups in total. The van der Waals surface area contributed by atoms with Gasteiger partial charge in [-0.25, -0.2) is 12.8 Å². The van der Waals surface area contributed by atoms with E-state index >= 15 is 0 Å². The number of carboxylic acids is 1. The number of carbonyl (C=O) groups is 1.